The van der Waals surface area contributed by atoms with Crippen LogP contribution < -0.4 is 5.73 Å². The predicted molar refractivity (Wildman–Crippen MR) is 46.2 cm³/mol. The Morgan fingerprint density at radius 1 is 1.50 bits per heavy atom. The van der Waals surface area contributed by atoms with Gasteiger partial charge < -0.3 is 15.7 Å². The molecule has 6 heteroatoms. The molecule has 0 bridgehead atoms. The first-order valence-electron chi connectivity index (χ1n) is 4.37. The normalized spacial score (nSPS) is 16.0. The summed E-state index contributed by atoms with van der Waals surface area (Å²) in [5, 5.41) is 13.1. The number of fused-ring (bicyclic) bond motifs is 1. The number of ether oxygens (including phenoxy) is 1. The highest BCUT2D eigenvalue weighted by atomic mass is 16.5. The summed E-state index contributed by atoms with van der Waals surface area (Å²) in [5.74, 6) is -0.615. The van der Waals surface area contributed by atoms with Crippen LogP contribution in [0.5, 0.6) is 0 Å². The van der Waals surface area contributed by atoms with E-state index in [4.69, 9.17) is 10.5 Å². The van der Waals surface area contributed by atoms with Crippen molar-refractivity contribution in [3.63, 3.8) is 0 Å². The van der Waals surface area contributed by atoms with E-state index in [9.17, 15) is 10.0 Å². The molecule has 0 spiro atoms. The van der Waals surface area contributed by atoms with Crippen LogP contribution in [0.4, 0.5) is 0 Å². The molecule has 76 valence electrons. The number of nitrogens with two attached hydrogens (primary N) is 1. The third-order valence-electron chi connectivity index (χ3n) is 2.28. The summed E-state index contributed by atoms with van der Waals surface area (Å²) < 4.78 is 5.22. The van der Waals surface area contributed by atoms with Gasteiger partial charge in [-0.25, -0.2) is 0 Å². The summed E-state index contributed by atoms with van der Waals surface area (Å²) in [6, 6.07) is 0. The van der Waals surface area contributed by atoms with Crippen LogP contribution in [0.15, 0.2) is 0 Å². The van der Waals surface area contributed by atoms with E-state index >= 15 is 0 Å². The first-order valence-corrected chi connectivity index (χ1v) is 4.37. The molecule has 0 saturated heterocycles. The zero-order valence-corrected chi connectivity index (χ0v) is 7.56. The van der Waals surface area contributed by atoms with Gasteiger partial charge in [-0.15, -0.1) is 9.94 Å². The Hall–Kier alpha value is -1.56. The van der Waals surface area contributed by atoms with E-state index in [1.54, 1.807) is 0 Å². The van der Waals surface area contributed by atoms with E-state index in [0.717, 1.165) is 4.85 Å². The molecule has 2 heterocycles. The van der Waals surface area contributed by atoms with E-state index in [1.807, 2.05) is 0 Å². The summed E-state index contributed by atoms with van der Waals surface area (Å²) in [6.45, 7) is 1.05. The van der Waals surface area contributed by atoms with Gasteiger partial charge in [0, 0.05) is 18.4 Å². The van der Waals surface area contributed by atoms with E-state index in [1.165, 1.54) is 0 Å². The number of hydrogen-bond acceptors (Lipinski definition) is 4. The second kappa shape index (κ2) is 3.30. The zero-order valence-electron chi connectivity index (χ0n) is 7.56. The molecule has 0 aliphatic carbocycles. The van der Waals surface area contributed by atoms with Gasteiger partial charge in [-0.05, 0) is 0 Å². The van der Waals surface area contributed by atoms with Gasteiger partial charge in [0.1, 0.15) is 0 Å². The Balaban J connectivity index is 2.49. The SMILES string of the molecule is NC(=O)c1nn(O)c2c1CCOCC2. The quantitative estimate of drug-likeness (QED) is 0.584. The van der Waals surface area contributed by atoms with Gasteiger partial charge >= 0.3 is 0 Å². The van der Waals surface area contributed by atoms with Crippen molar-refractivity contribution in [3.05, 3.63) is 17.0 Å². The fraction of sp³-hybridized carbons (Fsp3) is 0.500. The van der Waals surface area contributed by atoms with E-state index < -0.39 is 5.91 Å². The highest BCUT2D eigenvalue weighted by Crippen LogP contribution is 2.17. The van der Waals surface area contributed by atoms with Gasteiger partial charge in [-0.2, -0.15) is 0 Å². The molecule has 1 aliphatic heterocycles. The second-order valence-electron chi connectivity index (χ2n) is 3.14. The molecule has 0 fully saturated rings. The fourth-order valence-electron chi connectivity index (χ4n) is 1.63. The van der Waals surface area contributed by atoms with Crippen molar-refractivity contribution in [1.29, 1.82) is 0 Å². The highest BCUT2D eigenvalue weighted by molar-refractivity contribution is 5.92. The molecule has 14 heavy (non-hydrogen) atoms. The largest absolute Gasteiger partial charge is 0.411 e. The minimum Gasteiger partial charge on any atom is -0.411 e. The summed E-state index contributed by atoms with van der Waals surface area (Å²) in [7, 11) is 0. The number of amides is 1. The maximum Gasteiger partial charge on any atom is 0.269 e. The lowest BCUT2D eigenvalue weighted by Crippen LogP contribution is -2.14. The summed E-state index contributed by atoms with van der Waals surface area (Å²) in [4.78, 5) is 11.7. The number of nitrogens with zero attached hydrogens (tertiary/aromatic N) is 2. The third-order valence-corrected chi connectivity index (χ3v) is 2.28. The molecule has 0 atom stereocenters. The van der Waals surface area contributed by atoms with E-state index in [0.29, 0.717) is 37.3 Å². The first kappa shape index (κ1) is 9.01. The molecule has 1 aromatic heterocycles. The Morgan fingerprint density at radius 3 is 2.93 bits per heavy atom. The van der Waals surface area contributed by atoms with Gasteiger partial charge in [0.2, 0.25) is 0 Å². The smallest absolute Gasteiger partial charge is 0.269 e. The predicted octanol–water partition coefficient (Wildman–Crippen LogP) is -0.666. The molecular weight excluding hydrogens is 186 g/mol. The Labute approximate surface area is 80.2 Å². The maximum absolute atomic E-state index is 11.0. The molecule has 6 nitrogen and oxygen atoms in total. The molecule has 0 radical (unpaired) electrons. The van der Waals surface area contributed by atoms with Gasteiger partial charge in [0.25, 0.3) is 5.91 Å². The minimum atomic E-state index is -0.615. The summed E-state index contributed by atoms with van der Waals surface area (Å²) in [6.07, 6.45) is 1.11. The van der Waals surface area contributed by atoms with Gasteiger partial charge in [-0.3, -0.25) is 4.79 Å². The third kappa shape index (κ3) is 1.33. The van der Waals surface area contributed by atoms with Crippen molar-refractivity contribution in [2.24, 2.45) is 5.73 Å². The van der Waals surface area contributed by atoms with Crippen LogP contribution in [0.2, 0.25) is 0 Å². The van der Waals surface area contributed by atoms with Gasteiger partial charge in [0.15, 0.2) is 5.69 Å². The number of rotatable bonds is 1. The van der Waals surface area contributed by atoms with Crippen molar-refractivity contribution in [3.8, 4) is 0 Å². The van der Waals surface area contributed by atoms with E-state index in [2.05, 4.69) is 5.10 Å². The molecular formula is C8H11N3O3. The topological polar surface area (TPSA) is 90.4 Å². The van der Waals surface area contributed by atoms with Crippen LogP contribution in [0.1, 0.15) is 21.7 Å². The van der Waals surface area contributed by atoms with Crippen molar-refractivity contribution in [1.82, 2.24) is 9.94 Å². The fourth-order valence-corrected chi connectivity index (χ4v) is 1.63. The van der Waals surface area contributed by atoms with Gasteiger partial charge in [-0.1, -0.05) is 0 Å². The number of primary amides is 1. The van der Waals surface area contributed by atoms with Crippen LogP contribution in [0, 0.1) is 0 Å². The molecule has 3 N–H and O–H groups in total. The summed E-state index contributed by atoms with van der Waals surface area (Å²) >= 11 is 0. The average molecular weight is 197 g/mol. The first-order chi connectivity index (χ1) is 6.70. The maximum atomic E-state index is 11.0. The average Bonchev–Trinajstić information content (AvgIpc) is 2.38. The highest BCUT2D eigenvalue weighted by Gasteiger charge is 2.22. The van der Waals surface area contributed by atoms with Crippen LogP contribution >= 0.6 is 0 Å². The Kier molecular flexibility index (Phi) is 2.12. The molecule has 0 saturated carbocycles. The molecule has 0 unspecified atom stereocenters. The van der Waals surface area contributed by atoms with Gasteiger partial charge in [0.05, 0.1) is 18.9 Å². The van der Waals surface area contributed by atoms with Crippen molar-refractivity contribution >= 4 is 5.91 Å². The zero-order chi connectivity index (χ0) is 10.1. The van der Waals surface area contributed by atoms with Crippen molar-refractivity contribution in [2.45, 2.75) is 12.8 Å². The van der Waals surface area contributed by atoms with Crippen LogP contribution in [0.25, 0.3) is 0 Å². The lowest BCUT2D eigenvalue weighted by Gasteiger charge is -1.97. The van der Waals surface area contributed by atoms with Crippen LogP contribution in [-0.2, 0) is 17.6 Å². The molecule has 1 aromatic rings. The van der Waals surface area contributed by atoms with Crippen molar-refractivity contribution < 1.29 is 14.7 Å². The van der Waals surface area contributed by atoms with Crippen molar-refractivity contribution in [2.75, 3.05) is 13.2 Å². The monoisotopic (exact) mass is 197 g/mol. The molecule has 0 aromatic carbocycles. The molecule has 2 rings (SSSR count). The lowest BCUT2D eigenvalue weighted by molar-refractivity contribution is 0.0971. The number of carbonyl (C=O) groups excluding carboxylic acids is 1. The van der Waals surface area contributed by atoms with E-state index in [-0.39, 0.29) is 5.69 Å². The van der Waals surface area contributed by atoms with Crippen LogP contribution in [-0.4, -0.2) is 34.3 Å². The van der Waals surface area contributed by atoms with Crippen LogP contribution in [0.3, 0.4) is 0 Å². The second-order valence-corrected chi connectivity index (χ2v) is 3.14. The lowest BCUT2D eigenvalue weighted by atomic mass is 10.1. The Morgan fingerprint density at radius 2 is 2.21 bits per heavy atom. The summed E-state index contributed by atoms with van der Waals surface area (Å²) in [5.41, 5.74) is 6.61. The standard InChI is InChI=1S/C8H11N3O3/c9-8(12)7-5-1-3-14-4-2-6(5)11(13)10-7/h13H,1-4H2,(H2,9,12). The molecule has 1 amide bonds. The Bertz CT molecular complexity index is 372. The number of hydrogen-bond donors (Lipinski definition) is 2. The number of carbonyl (C=O) groups is 1. The number of aromatic nitrogens is 2. The molecule has 1 aliphatic rings. The minimum absolute atomic E-state index is 0.146.